The molecule has 82 valence electrons. The van der Waals surface area contributed by atoms with E-state index in [1.54, 1.807) is 16.7 Å². The molecule has 0 unspecified atom stereocenters. The summed E-state index contributed by atoms with van der Waals surface area (Å²) in [5.41, 5.74) is 7.47. The molecule has 0 spiro atoms. The monoisotopic (exact) mass is 206 g/mol. The molecule has 2 N–H and O–H groups in total. The van der Waals surface area contributed by atoms with Crippen LogP contribution >= 0.6 is 0 Å². The number of anilines is 1. The van der Waals surface area contributed by atoms with E-state index >= 15 is 0 Å². The maximum atomic E-state index is 11.6. The van der Waals surface area contributed by atoms with Gasteiger partial charge >= 0.3 is 0 Å². The fourth-order valence-electron chi connectivity index (χ4n) is 2.06. The van der Waals surface area contributed by atoms with Gasteiger partial charge in [-0.15, -0.1) is 0 Å². The molecule has 0 aliphatic heterocycles. The van der Waals surface area contributed by atoms with Gasteiger partial charge in [0.1, 0.15) is 0 Å². The highest BCUT2D eigenvalue weighted by atomic mass is 16.1. The molecule has 1 aliphatic rings. The second-order valence-electron chi connectivity index (χ2n) is 4.45. The van der Waals surface area contributed by atoms with E-state index in [2.05, 4.69) is 0 Å². The number of pyridine rings is 1. The molecule has 3 heteroatoms. The van der Waals surface area contributed by atoms with Crippen molar-refractivity contribution in [3.63, 3.8) is 0 Å². The molecule has 1 aromatic rings. The van der Waals surface area contributed by atoms with E-state index in [-0.39, 0.29) is 5.56 Å². The first kappa shape index (κ1) is 10.3. The predicted molar refractivity (Wildman–Crippen MR) is 61.8 cm³/mol. The van der Waals surface area contributed by atoms with Crippen LogP contribution in [0.4, 0.5) is 5.69 Å². The summed E-state index contributed by atoms with van der Waals surface area (Å²) in [5.74, 6) is 0.831. The van der Waals surface area contributed by atoms with Gasteiger partial charge in [0.25, 0.3) is 5.56 Å². The number of nitrogens with zero attached hydrogens (tertiary/aromatic N) is 1. The van der Waals surface area contributed by atoms with Crippen LogP contribution in [0, 0.1) is 12.8 Å². The zero-order valence-electron chi connectivity index (χ0n) is 9.20. The lowest BCUT2D eigenvalue weighted by Crippen LogP contribution is -2.24. The predicted octanol–water partition coefficient (Wildman–Crippen LogP) is 1.93. The average Bonchev–Trinajstić information content (AvgIpc) is 2.15. The number of aromatic nitrogens is 1. The third-order valence-electron chi connectivity index (χ3n) is 3.48. The molecule has 0 saturated heterocycles. The molecular formula is C12H18N2O. The molecule has 1 fully saturated rings. The van der Waals surface area contributed by atoms with Crippen LogP contribution in [0.5, 0.6) is 0 Å². The number of hydrogen-bond acceptors (Lipinski definition) is 2. The molecular weight excluding hydrogens is 188 g/mol. The Hall–Kier alpha value is -1.25. The third kappa shape index (κ3) is 2.06. The van der Waals surface area contributed by atoms with Gasteiger partial charge in [0.2, 0.25) is 0 Å². The van der Waals surface area contributed by atoms with Crippen LogP contribution in [0.15, 0.2) is 16.9 Å². The van der Waals surface area contributed by atoms with Crippen LogP contribution in [-0.2, 0) is 6.54 Å². The highest BCUT2D eigenvalue weighted by molar-refractivity contribution is 5.41. The average molecular weight is 206 g/mol. The van der Waals surface area contributed by atoms with E-state index in [1.807, 2.05) is 6.92 Å². The van der Waals surface area contributed by atoms with Crippen LogP contribution in [0.1, 0.15) is 31.4 Å². The van der Waals surface area contributed by atoms with E-state index in [0.29, 0.717) is 5.69 Å². The summed E-state index contributed by atoms with van der Waals surface area (Å²) in [6.07, 6.45) is 5.13. The van der Waals surface area contributed by atoms with E-state index < -0.39 is 0 Å². The minimum absolute atomic E-state index is 0.0704. The summed E-state index contributed by atoms with van der Waals surface area (Å²) in [4.78, 5) is 11.6. The van der Waals surface area contributed by atoms with Crippen molar-refractivity contribution in [2.45, 2.75) is 39.2 Å². The Morgan fingerprint density at radius 3 is 2.80 bits per heavy atom. The number of rotatable bonds is 3. The van der Waals surface area contributed by atoms with Crippen LogP contribution in [-0.4, -0.2) is 4.57 Å². The Bertz CT molecular complexity index is 405. The second kappa shape index (κ2) is 4.09. The Labute approximate surface area is 89.9 Å². The molecule has 3 nitrogen and oxygen atoms in total. The smallest absolute Gasteiger partial charge is 0.250 e. The Balaban J connectivity index is 2.12. The van der Waals surface area contributed by atoms with Gasteiger partial charge in [-0.2, -0.15) is 0 Å². The lowest BCUT2D eigenvalue weighted by atomic mass is 9.83. The van der Waals surface area contributed by atoms with Gasteiger partial charge in [0, 0.05) is 18.3 Å². The molecule has 0 radical (unpaired) electrons. The molecule has 0 amide bonds. The number of nitrogen functional groups attached to an aromatic ring is 1. The van der Waals surface area contributed by atoms with Crippen molar-refractivity contribution < 1.29 is 0 Å². The van der Waals surface area contributed by atoms with E-state index in [0.717, 1.165) is 24.6 Å². The highest BCUT2D eigenvalue weighted by Gasteiger charge is 2.17. The molecule has 2 rings (SSSR count). The lowest BCUT2D eigenvalue weighted by Gasteiger charge is -2.25. The first-order valence-corrected chi connectivity index (χ1v) is 5.64. The van der Waals surface area contributed by atoms with Crippen molar-refractivity contribution >= 4 is 5.69 Å². The summed E-state index contributed by atoms with van der Waals surface area (Å²) in [5, 5.41) is 0. The highest BCUT2D eigenvalue weighted by Crippen LogP contribution is 2.29. The van der Waals surface area contributed by atoms with E-state index in [4.69, 9.17) is 5.73 Å². The van der Waals surface area contributed by atoms with Gasteiger partial charge in [0.15, 0.2) is 0 Å². The summed E-state index contributed by atoms with van der Waals surface area (Å²) < 4.78 is 1.80. The lowest BCUT2D eigenvalue weighted by molar-refractivity contribution is 0.280. The molecule has 1 aliphatic carbocycles. The zero-order chi connectivity index (χ0) is 10.8. The molecule has 15 heavy (non-hydrogen) atoms. The van der Waals surface area contributed by atoms with Crippen molar-refractivity contribution in [2.75, 3.05) is 5.73 Å². The normalized spacial score (nSPS) is 16.3. The summed E-state index contributed by atoms with van der Waals surface area (Å²) in [7, 11) is 0. The Morgan fingerprint density at radius 2 is 2.20 bits per heavy atom. The van der Waals surface area contributed by atoms with E-state index in [9.17, 15) is 4.79 Å². The molecule has 1 heterocycles. The van der Waals surface area contributed by atoms with Crippen molar-refractivity contribution in [1.82, 2.24) is 4.57 Å². The largest absolute Gasteiger partial charge is 0.397 e. The van der Waals surface area contributed by atoms with E-state index in [1.165, 1.54) is 19.3 Å². The second-order valence-corrected chi connectivity index (χ2v) is 4.45. The molecule has 1 saturated carbocycles. The van der Waals surface area contributed by atoms with Gasteiger partial charge < -0.3 is 10.3 Å². The van der Waals surface area contributed by atoms with Gasteiger partial charge in [-0.25, -0.2) is 0 Å². The fourth-order valence-corrected chi connectivity index (χ4v) is 2.06. The van der Waals surface area contributed by atoms with Gasteiger partial charge in [-0.05, 0) is 25.3 Å². The quantitative estimate of drug-likeness (QED) is 0.821. The van der Waals surface area contributed by atoms with Crippen LogP contribution in [0.3, 0.4) is 0 Å². The SMILES string of the molecule is Cc1c(N)ccc(=O)n1CCC1CCC1. The molecule has 0 bridgehead atoms. The van der Waals surface area contributed by atoms with Crippen molar-refractivity contribution in [3.8, 4) is 0 Å². The van der Waals surface area contributed by atoms with Crippen LogP contribution in [0.2, 0.25) is 0 Å². The Kier molecular flexibility index (Phi) is 2.80. The maximum Gasteiger partial charge on any atom is 0.250 e. The van der Waals surface area contributed by atoms with Crippen molar-refractivity contribution in [3.05, 3.63) is 28.2 Å². The first-order chi connectivity index (χ1) is 7.18. The first-order valence-electron chi connectivity index (χ1n) is 5.64. The topological polar surface area (TPSA) is 48.0 Å². The van der Waals surface area contributed by atoms with Gasteiger partial charge in [-0.3, -0.25) is 4.79 Å². The zero-order valence-corrected chi connectivity index (χ0v) is 9.20. The fraction of sp³-hybridized carbons (Fsp3) is 0.583. The molecule has 0 aromatic carbocycles. The minimum atomic E-state index is 0.0704. The summed E-state index contributed by atoms with van der Waals surface area (Å²) >= 11 is 0. The molecule has 1 aromatic heterocycles. The van der Waals surface area contributed by atoms with Crippen molar-refractivity contribution in [1.29, 1.82) is 0 Å². The number of hydrogen-bond donors (Lipinski definition) is 1. The summed E-state index contributed by atoms with van der Waals surface area (Å²) in [6, 6.07) is 3.25. The van der Waals surface area contributed by atoms with Crippen LogP contribution in [0.25, 0.3) is 0 Å². The summed E-state index contributed by atoms with van der Waals surface area (Å²) in [6.45, 7) is 2.73. The standard InChI is InChI=1S/C12H18N2O/c1-9-11(13)5-6-12(15)14(9)8-7-10-3-2-4-10/h5-6,10H,2-4,7-8,13H2,1H3. The number of nitrogens with two attached hydrogens (primary N) is 1. The third-order valence-corrected chi connectivity index (χ3v) is 3.48. The Morgan fingerprint density at radius 1 is 1.47 bits per heavy atom. The van der Waals surface area contributed by atoms with Crippen LogP contribution < -0.4 is 11.3 Å². The van der Waals surface area contributed by atoms with Gasteiger partial charge in [0.05, 0.1) is 5.69 Å². The van der Waals surface area contributed by atoms with Gasteiger partial charge in [-0.1, -0.05) is 19.3 Å². The maximum absolute atomic E-state index is 11.6. The minimum Gasteiger partial charge on any atom is -0.397 e. The molecule has 0 atom stereocenters. The van der Waals surface area contributed by atoms with Crippen molar-refractivity contribution in [2.24, 2.45) is 5.92 Å².